The molecule has 3 aromatic rings. The highest BCUT2D eigenvalue weighted by Gasteiger charge is 2.62. The minimum atomic E-state index is -4.02. The number of carbonyl (C=O) groups is 3. The van der Waals surface area contributed by atoms with Crippen molar-refractivity contribution in [1.82, 2.24) is 13.8 Å². The molecule has 1 saturated heterocycles. The lowest BCUT2D eigenvalue weighted by atomic mass is 10.1. The number of imide groups is 1. The van der Waals surface area contributed by atoms with Crippen LogP contribution in [0.4, 0.5) is 9.59 Å². The van der Waals surface area contributed by atoms with Crippen molar-refractivity contribution in [3.05, 3.63) is 65.4 Å². The lowest BCUT2D eigenvalue weighted by molar-refractivity contribution is 0.0231. The molecule has 2 aliphatic rings. The maximum Gasteiger partial charge on any atom is 0.419 e. The highest BCUT2D eigenvalue weighted by molar-refractivity contribution is 7.89. The van der Waals surface area contributed by atoms with Gasteiger partial charge in [-0.15, -0.1) is 0 Å². The number of ether oxygens (including phenoxy) is 2. The fourth-order valence-electron chi connectivity index (χ4n) is 5.06. The number of aromatic nitrogens is 1. The molecule has 2 aliphatic heterocycles. The van der Waals surface area contributed by atoms with E-state index in [1.807, 2.05) is 6.92 Å². The molecule has 40 heavy (non-hydrogen) atoms. The summed E-state index contributed by atoms with van der Waals surface area (Å²) in [6.45, 7) is 11.8. The summed E-state index contributed by atoms with van der Waals surface area (Å²) in [7, 11) is -4.02. The summed E-state index contributed by atoms with van der Waals surface area (Å²) in [6, 6.07) is 11.8. The van der Waals surface area contributed by atoms with Crippen molar-refractivity contribution in [2.75, 3.05) is 6.54 Å². The summed E-state index contributed by atoms with van der Waals surface area (Å²) in [5.74, 6) is -0.758. The van der Waals surface area contributed by atoms with Crippen LogP contribution in [0.3, 0.4) is 0 Å². The summed E-state index contributed by atoms with van der Waals surface area (Å²) in [5.41, 5.74) is -0.269. The van der Waals surface area contributed by atoms with Crippen molar-refractivity contribution in [3.63, 3.8) is 0 Å². The molecule has 0 saturated carbocycles. The maximum absolute atomic E-state index is 14.1. The van der Waals surface area contributed by atoms with Gasteiger partial charge in [0.1, 0.15) is 16.9 Å². The van der Waals surface area contributed by atoms with Crippen LogP contribution in [0.1, 0.15) is 69.2 Å². The minimum absolute atomic E-state index is 0.0961. The Morgan fingerprint density at radius 1 is 0.875 bits per heavy atom. The predicted octanol–water partition coefficient (Wildman–Crippen LogP) is 5.24. The molecule has 5 rings (SSSR count). The molecule has 3 heterocycles. The van der Waals surface area contributed by atoms with E-state index in [1.165, 1.54) is 16.4 Å². The first-order valence-corrected chi connectivity index (χ1v) is 14.5. The first kappa shape index (κ1) is 27.9. The van der Waals surface area contributed by atoms with Crippen LogP contribution in [0.25, 0.3) is 10.9 Å². The molecular weight excluding hydrogens is 534 g/mol. The van der Waals surface area contributed by atoms with Gasteiger partial charge in [0.05, 0.1) is 29.0 Å². The van der Waals surface area contributed by atoms with Gasteiger partial charge < -0.3 is 9.47 Å². The third-order valence-corrected chi connectivity index (χ3v) is 8.61. The Balaban J connectivity index is 1.73. The van der Waals surface area contributed by atoms with Gasteiger partial charge in [-0.25, -0.2) is 27.5 Å². The Morgan fingerprint density at radius 2 is 1.45 bits per heavy atom. The van der Waals surface area contributed by atoms with Gasteiger partial charge in [0, 0.05) is 10.9 Å². The number of nitrogens with zero attached hydrogens (tertiary/aromatic N) is 3. The van der Waals surface area contributed by atoms with Crippen LogP contribution in [-0.4, -0.2) is 64.1 Å². The number of rotatable bonds is 2. The van der Waals surface area contributed by atoms with Crippen LogP contribution >= 0.6 is 0 Å². The average molecular weight is 568 g/mol. The molecule has 3 unspecified atom stereocenters. The van der Waals surface area contributed by atoms with E-state index in [-0.39, 0.29) is 17.1 Å². The average Bonchev–Trinajstić information content (AvgIpc) is 3.46. The lowest BCUT2D eigenvalue weighted by Gasteiger charge is -2.26. The molecule has 212 valence electrons. The quantitative estimate of drug-likeness (QED) is 0.389. The zero-order valence-corrected chi connectivity index (χ0v) is 24.4. The Bertz CT molecular complexity index is 1640. The van der Waals surface area contributed by atoms with E-state index in [0.29, 0.717) is 16.5 Å². The maximum atomic E-state index is 14.1. The SMILES string of the molecule is Cc1ccc(S(=O)(=O)N2C3CN(C(=O)OC(C)(C)C)C(=O)c4c(c5ccccc5n4C(=O)OC(C)(C)C)C32)cc1. The highest BCUT2D eigenvalue weighted by Crippen LogP contribution is 2.53. The second-order valence-electron chi connectivity index (χ2n) is 12.2. The zero-order valence-electron chi connectivity index (χ0n) is 23.6. The van der Waals surface area contributed by atoms with E-state index >= 15 is 0 Å². The summed E-state index contributed by atoms with van der Waals surface area (Å²) >= 11 is 0. The smallest absolute Gasteiger partial charge is 0.419 e. The number of amides is 2. The number of hydrogen-bond donors (Lipinski definition) is 0. The lowest BCUT2D eigenvalue weighted by Crippen LogP contribution is -2.44. The van der Waals surface area contributed by atoms with E-state index in [1.54, 1.807) is 77.9 Å². The van der Waals surface area contributed by atoms with Crippen molar-refractivity contribution < 1.29 is 32.3 Å². The summed E-state index contributed by atoms with van der Waals surface area (Å²) in [6.07, 6.45) is -1.74. The van der Waals surface area contributed by atoms with Crippen LogP contribution in [0.5, 0.6) is 0 Å². The molecule has 1 aromatic heterocycles. The molecule has 0 aliphatic carbocycles. The van der Waals surface area contributed by atoms with Crippen molar-refractivity contribution >= 4 is 39.0 Å². The first-order chi connectivity index (χ1) is 18.5. The molecule has 0 bridgehead atoms. The van der Waals surface area contributed by atoms with Gasteiger partial charge >= 0.3 is 12.2 Å². The van der Waals surface area contributed by atoms with E-state index in [2.05, 4.69) is 0 Å². The largest absolute Gasteiger partial charge is 0.443 e. The number of aryl methyl sites for hydroxylation is 1. The predicted molar refractivity (Wildman–Crippen MR) is 148 cm³/mol. The van der Waals surface area contributed by atoms with E-state index < -0.39 is 51.4 Å². The number of fused-ring (bicyclic) bond motifs is 5. The summed E-state index contributed by atoms with van der Waals surface area (Å²) < 4.78 is 41.3. The van der Waals surface area contributed by atoms with Gasteiger partial charge in [-0.05, 0) is 66.7 Å². The second kappa shape index (κ2) is 9.17. The van der Waals surface area contributed by atoms with Crippen molar-refractivity contribution in [2.45, 2.75) is 76.6 Å². The summed E-state index contributed by atoms with van der Waals surface area (Å²) in [4.78, 5) is 41.9. The van der Waals surface area contributed by atoms with E-state index in [0.717, 1.165) is 15.0 Å². The topological polar surface area (TPSA) is 115 Å². The van der Waals surface area contributed by atoms with E-state index in [4.69, 9.17) is 9.47 Å². The normalized spacial score (nSPS) is 20.9. The molecule has 0 spiro atoms. The number of hydrogen-bond acceptors (Lipinski definition) is 7. The van der Waals surface area contributed by atoms with Crippen LogP contribution in [0.15, 0.2) is 53.4 Å². The molecule has 1 fully saturated rings. The zero-order chi connectivity index (χ0) is 29.4. The number of carbonyl (C=O) groups excluding carboxylic acids is 3. The molecular formula is C29H33N3O7S. The van der Waals surface area contributed by atoms with Crippen molar-refractivity contribution in [3.8, 4) is 0 Å². The van der Waals surface area contributed by atoms with Crippen molar-refractivity contribution in [1.29, 1.82) is 0 Å². The number of para-hydroxylation sites is 1. The second-order valence-corrected chi connectivity index (χ2v) is 14.0. The van der Waals surface area contributed by atoms with Gasteiger partial charge in [-0.2, -0.15) is 4.31 Å². The standard InChI is InChI=1S/C29H33N3O7S/c1-17-12-14-18(15-13-17)40(36,37)32-21-16-30(26(34)38-28(2,3)4)25(33)24-22(23(21)32)19-10-8-9-11-20(19)31(24)27(35)39-29(5,6)7/h8-15,21,23H,16H2,1-7H3. The molecule has 10 nitrogen and oxygen atoms in total. The third-order valence-electron chi connectivity index (χ3n) is 6.69. The van der Waals surface area contributed by atoms with Gasteiger partial charge in [0.25, 0.3) is 5.91 Å². The monoisotopic (exact) mass is 567 g/mol. The van der Waals surface area contributed by atoms with Gasteiger partial charge in [-0.3, -0.25) is 4.79 Å². The van der Waals surface area contributed by atoms with E-state index in [9.17, 15) is 22.8 Å². The van der Waals surface area contributed by atoms with Crippen LogP contribution in [-0.2, 0) is 19.5 Å². The van der Waals surface area contributed by atoms with Gasteiger partial charge in [0.15, 0.2) is 0 Å². The van der Waals surface area contributed by atoms with Crippen LogP contribution in [0, 0.1) is 6.92 Å². The molecule has 2 amide bonds. The highest BCUT2D eigenvalue weighted by atomic mass is 32.2. The van der Waals surface area contributed by atoms with Crippen molar-refractivity contribution in [2.24, 2.45) is 0 Å². The third kappa shape index (κ3) is 4.77. The fraction of sp³-hybridized carbons (Fsp3) is 0.414. The first-order valence-electron chi connectivity index (χ1n) is 13.0. The Kier molecular flexibility index (Phi) is 6.38. The Labute approximate surface area is 233 Å². The molecule has 2 aromatic carbocycles. The minimum Gasteiger partial charge on any atom is -0.443 e. The summed E-state index contributed by atoms with van der Waals surface area (Å²) in [5, 5.41) is 0.527. The van der Waals surface area contributed by atoms with Crippen LogP contribution in [0.2, 0.25) is 0 Å². The molecule has 11 heteroatoms. The Morgan fingerprint density at radius 3 is 2.05 bits per heavy atom. The van der Waals surface area contributed by atoms with Crippen LogP contribution < -0.4 is 0 Å². The number of sulfonamides is 1. The van der Waals surface area contributed by atoms with Gasteiger partial charge in [-0.1, -0.05) is 35.9 Å². The van der Waals surface area contributed by atoms with Gasteiger partial charge in [0.2, 0.25) is 10.0 Å². The Hall–Kier alpha value is -3.70. The molecule has 0 radical (unpaired) electrons. The molecule has 3 atom stereocenters. The number of benzene rings is 2. The molecule has 0 N–H and O–H groups in total. The fourth-order valence-corrected chi connectivity index (χ4v) is 6.81.